The molecule has 0 atom stereocenters. The van der Waals surface area contributed by atoms with Crippen molar-refractivity contribution >= 4 is 22.5 Å². The van der Waals surface area contributed by atoms with E-state index in [1.807, 2.05) is 0 Å². The van der Waals surface area contributed by atoms with Gasteiger partial charge in [0, 0.05) is 11.8 Å². The van der Waals surface area contributed by atoms with Crippen molar-refractivity contribution in [2.75, 3.05) is 7.11 Å². The molecule has 0 saturated heterocycles. The lowest BCUT2D eigenvalue weighted by molar-refractivity contribution is 0.418. The third-order valence-corrected chi connectivity index (χ3v) is 4.25. The number of hydrogen-bond acceptors (Lipinski definition) is 2. The van der Waals surface area contributed by atoms with Crippen LogP contribution in [-0.4, -0.2) is 12.1 Å². The second kappa shape index (κ2) is 4.89. The van der Waals surface area contributed by atoms with Crippen molar-refractivity contribution in [1.29, 1.82) is 0 Å². The highest BCUT2D eigenvalue weighted by Crippen LogP contribution is 2.35. The summed E-state index contributed by atoms with van der Waals surface area (Å²) in [4.78, 5) is 15.6. The molecule has 1 saturated carbocycles. The van der Waals surface area contributed by atoms with Gasteiger partial charge in [-0.1, -0.05) is 24.4 Å². The van der Waals surface area contributed by atoms with Gasteiger partial charge in [-0.2, -0.15) is 0 Å². The molecule has 19 heavy (non-hydrogen) atoms. The lowest BCUT2D eigenvalue weighted by Gasteiger charge is -2.13. The number of halogens is 1. The molecular formula is C15H16ClNO2. The third kappa shape index (κ3) is 2.12. The van der Waals surface area contributed by atoms with Crippen LogP contribution in [0.15, 0.2) is 23.0 Å². The molecule has 1 aliphatic rings. The summed E-state index contributed by atoms with van der Waals surface area (Å²) in [5.74, 6) is 1.12. The maximum Gasteiger partial charge on any atom is 0.191 e. The number of pyridine rings is 1. The molecule has 1 heterocycles. The molecule has 0 unspecified atom stereocenters. The summed E-state index contributed by atoms with van der Waals surface area (Å²) in [5.41, 5.74) is 1.69. The van der Waals surface area contributed by atoms with E-state index in [4.69, 9.17) is 16.3 Å². The smallest absolute Gasteiger partial charge is 0.191 e. The quantitative estimate of drug-likeness (QED) is 0.906. The second-order valence-corrected chi connectivity index (χ2v) is 5.48. The van der Waals surface area contributed by atoms with Gasteiger partial charge in [-0.3, -0.25) is 4.79 Å². The lowest BCUT2D eigenvalue weighted by atomic mass is 10.0. The molecule has 0 spiro atoms. The third-order valence-electron chi connectivity index (χ3n) is 3.93. The minimum absolute atomic E-state index is 0.0282. The van der Waals surface area contributed by atoms with E-state index < -0.39 is 0 Å². The van der Waals surface area contributed by atoms with Crippen LogP contribution in [0.3, 0.4) is 0 Å². The Balaban J connectivity index is 2.26. The van der Waals surface area contributed by atoms with E-state index in [0.717, 1.165) is 18.5 Å². The molecule has 1 N–H and O–H groups in total. The van der Waals surface area contributed by atoms with Crippen LogP contribution in [0.2, 0.25) is 5.02 Å². The van der Waals surface area contributed by atoms with E-state index in [-0.39, 0.29) is 5.43 Å². The first-order valence-electron chi connectivity index (χ1n) is 6.60. The van der Waals surface area contributed by atoms with E-state index >= 15 is 0 Å². The van der Waals surface area contributed by atoms with E-state index in [1.54, 1.807) is 25.3 Å². The molecule has 3 rings (SSSR count). The van der Waals surface area contributed by atoms with Crippen molar-refractivity contribution in [3.05, 3.63) is 39.1 Å². The minimum atomic E-state index is -0.0282. The highest BCUT2D eigenvalue weighted by atomic mass is 35.5. The maximum absolute atomic E-state index is 12.3. The predicted octanol–water partition coefficient (Wildman–Crippen LogP) is 3.85. The molecule has 4 heteroatoms. The summed E-state index contributed by atoms with van der Waals surface area (Å²) in [6, 6.07) is 5.19. The average Bonchev–Trinajstić information content (AvgIpc) is 2.92. The molecule has 2 aromatic rings. The van der Waals surface area contributed by atoms with Gasteiger partial charge in [-0.15, -0.1) is 0 Å². The first kappa shape index (κ1) is 12.5. The molecule has 0 aliphatic heterocycles. The first-order valence-corrected chi connectivity index (χ1v) is 6.98. The Bertz CT molecular complexity index is 672. The fourth-order valence-corrected chi connectivity index (χ4v) is 3.19. The van der Waals surface area contributed by atoms with E-state index in [2.05, 4.69) is 4.98 Å². The largest absolute Gasteiger partial charge is 0.495 e. The Morgan fingerprint density at radius 3 is 2.74 bits per heavy atom. The van der Waals surface area contributed by atoms with Crippen LogP contribution in [0.1, 0.15) is 37.3 Å². The van der Waals surface area contributed by atoms with E-state index in [0.29, 0.717) is 27.6 Å². The van der Waals surface area contributed by atoms with Crippen LogP contribution in [0.5, 0.6) is 5.75 Å². The van der Waals surface area contributed by atoms with Crippen LogP contribution in [-0.2, 0) is 0 Å². The summed E-state index contributed by atoms with van der Waals surface area (Å²) >= 11 is 6.13. The molecule has 100 valence electrons. The number of rotatable bonds is 2. The number of nitrogens with one attached hydrogen (secondary N) is 1. The molecule has 3 nitrogen and oxygen atoms in total. The second-order valence-electron chi connectivity index (χ2n) is 5.07. The normalized spacial score (nSPS) is 16.1. The van der Waals surface area contributed by atoms with E-state index in [9.17, 15) is 4.79 Å². The number of aromatic nitrogens is 1. The molecule has 1 aromatic carbocycles. The van der Waals surface area contributed by atoms with Gasteiger partial charge in [0.15, 0.2) is 5.43 Å². The monoisotopic (exact) mass is 277 g/mol. The van der Waals surface area contributed by atoms with Gasteiger partial charge >= 0.3 is 0 Å². The lowest BCUT2D eigenvalue weighted by Crippen LogP contribution is -2.08. The van der Waals surface area contributed by atoms with Crippen LogP contribution in [0, 0.1) is 0 Å². The molecule has 0 amide bonds. The van der Waals surface area contributed by atoms with Crippen LogP contribution < -0.4 is 10.2 Å². The van der Waals surface area contributed by atoms with Gasteiger partial charge in [-0.05, 0) is 30.9 Å². The SMILES string of the molecule is COc1ccc(Cl)c2c(=O)cc(C3CCCC3)[nH]c12. The Kier molecular flexibility index (Phi) is 3.23. The summed E-state index contributed by atoms with van der Waals surface area (Å²) < 4.78 is 5.33. The topological polar surface area (TPSA) is 42.1 Å². The number of hydrogen-bond donors (Lipinski definition) is 1. The van der Waals surface area contributed by atoms with Gasteiger partial charge in [0.1, 0.15) is 5.75 Å². The number of ether oxygens (including phenoxy) is 1. The average molecular weight is 278 g/mol. The first-order chi connectivity index (χ1) is 9.20. The Hall–Kier alpha value is -1.48. The number of aromatic amines is 1. The molecule has 1 aromatic heterocycles. The molecular weight excluding hydrogens is 262 g/mol. The highest BCUT2D eigenvalue weighted by molar-refractivity contribution is 6.35. The standard InChI is InChI=1S/C15H16ClNO2/c1-19-13-7-6-10(16)14-12(18)8-11(17-15(13)14)9-4-2-3-5-9/h6-9H,2-5H2,1H3,(H,17,18). The molecule has 1 fully saturated rings. The van der Waals surface area contributed by atoms with Crippen LogP contribution in [0.25, 0.3) is 10.9 Å². The van der Waals surface area contributed by atoms with Crippen LogP contribution >= 0.6 is 11.6 Å². The molecule has 0 bridgehead atoms. The number of methoxy groups -OCH3 is 1. The summed E-state index contributed by atoms with van der Waals surface area (Å²) in [5, 5.41) is 0.984. The fourth-order valence-electron chi connectivity index (χ4n) is 2.94. The van der Waals surface area contributed by atoms with Crippen LogP contribution in [0.4, 0.5) is 0 Å². The molecule has 1 aliphatic carbocycles. The fraction of sp³-hybridized carbons (Fsp3) is 0.400. The Morgan fingerprint density at radius 2 is 2.05 bits per heavy atom. The predicted molar refractivity (Wildman–Crippen MR) is 77.3 cm³/mol. The van der Waals surface area contributed by atoms with Crippen molar-refractivity contribution in [3.8, 4) is 5.75 Å². The van der Waals surface area contributed by atoms with Gasteiger partial charge in [0.2, 0.25) is 0 Å². The van der Waals surface area contributed by atoms with Crippen molar-refractivity contribution in [2.45, 2.75) is 31.6 Å². The summed E-state index contributed by atoms with van der Waals surface area (Å²) in [7, 11) is 1.60. The van der Waals surface area contributed by atoms with Gasteiger partial charge < -0.3 is 9.72 Å². The van der Waals surface area contributed by atoms with Crippen molar-refractivity contribution in [2.24, 2.45) is 0 Å². The maximum atomic E-state index is 12.3. The van der Waals surface area contributed by atoms with Crippen molar-refractivity contribution in [1.82, 2.24) is 4.98 Å². The van der Waals surface area contributed by atoms with Crippen molar-refractivity contribution < 1.29 is 4.74 Å². The van der Waals surface area contributed by atoms with Gasteiger partial charge in [0.05, 0.1) is 23.0 Å². The zero-order valence-electron chi connectivity index (χ0n) is 10.8. The zero-order valence-corrected chi connectivity index (χ0v) is 11.6. The number of benzene rings is 1. The zero-order chi connectivity index (χ0) is 13.4. The highest BCUT2D eigenvalue weighted by Gasteiger charge is 2.20. The molecule has 0 radical (unpaired) electrons. The summed E-state index contributed by atoms with van der Waals surface area (Å²) in [6.07, 6.45) is 4.75. The number of fused-ring (bicyclic) bond motifs is 1. The van der Waals surface area contributed by atoms with Gasteiger partial charge in [0.25, 0.3) is 0 Å². The summed E-state index contributed by atoms with van der Waals surface area (Å²) in [6.45, 7) is 0. The Labute approximate surface area is 116 Å². The Morgan fingerprint density at radius 1 is 1.32 bits per heavy atom. The van der Waals surface area contributed by atoms with E-state index in [1.165, 1.54) is 12.8 Å². The minimum Gasteiger partial charge on any atom is -0.495 e. The number of H-pyrrole nitrogens is 1. The van der Waals surface area contributed by atoms with Crippen molar-refractivity contribution in [3.63, 3.8) is 0 Å². The van der Waals surface area contributed by atoms with Gasteiger partial charge in [-0.25, -0.2) is 0 Å².